The van der Waals surface area contributed by atoms with Crippen LogP contribution in [0.4, 0.5) is 0 Å². The largest absolute Gasteiger partial charge is 0.452 e. The Bertz CT molecular complexity index is 894. The summed E-state index contributed by atoms with van der Waals surface area (Å²) in [6.45, 7) is 7.49. The highest BCUT2D eigenvalue weighted by atomic mass is 16.3. The number of aromatic amines is 1. The van der Waals surface area contributed by atoms with Gasteiger partial charge in [0.1, 0.15) is 5.58 Å². The SMILES string of the molecule is C=CCc1cc(CC=C)c2oc(-c3nn[nH]n3)cc(=O)c2c1. The number of nitrogens with zero attached hydrogens (tertiary/aromatic N) is 3. The minimum absolute atomic E-state index is 0.141. The molecule has 6 heteroatoms. The molecule has 0 aliphatic rings. The van der Waals surface area contributed by atoms with E-state index in [1.54, 1.807) is 12.2 Å². The first-order valence-corrected chi connectivity index (χ1v) is 6.78. The number of hydrogen-bond acceptors (Lipinski definition) is 5. The van der Waals surface area contributed by atoms with Crippen molar-refractivity contribution in [2.75, 3.05) is 0 Å². The molecule has 0 radical (unpaired) electrons. The van der Waals surface area contributed by atoms with Crippen LogP contribution < -0.4 is 5.43 Å². The number of nitrogens with one attached hydrogen (secondary N) is 1. The Morgan fingerprint density at radius 3 is 2.68 bits per heavy atom. The Morgan fingerprint density at radius 1 is 1.18 bits per heavy atom. The van der Waals surface area contributed by atoms with Crippen molar-refractivity contribution in [1.82, 2.24) is 20.6 Å². The minimum Gasteiger partial charge on any atom is -0.452 e. The molecule has 110 valence electrons. The summed E-state index contributed by atoms with van der Waals surface area (Å²) >= 11 is 0. The fourth-order valence-corrected chi connectivity index (χ4v) is 2.36. The predicted octanol–water partition coefficient (Wildman–Crippen LogP) is 2.43. The summed E-state index contributed by atoms with van der Waals surface area (Å²) in [4.78, 5) is 12.4. The lowest BCUT2D eigenvalue weighted by Gasteiger charge is -2.07. The predicted molar refractivity (Wildman–Crippen MR) is 83.5 cm³/mol. The number of fused-ring (bicyclic) bond motifs is 1. The van der Waals surface area contributed by atoms with E-state index in [9.17, 15) is 4.79 Å². The maximum Gasteiger partial charge on any atom is 0.239 e. The van der Waals surface area contributed by atoms with Gasteiger partial charge in [-0.25, -0.2) is 0 Å². The number of allylic oxidation sites excluding steroid dienone is 2. The zero-order valence-electron chi connectivity index (χ0n) is 11.9. The molecule has 2 heterocycles. The average molecular weight is 294 g/mol. The highest BCUT2D eigenvalue weighted by molar-refractivity contribution is 5.82. The fourth-order valence-electron chi connectivity index (χ4n) is 2.36. The molecule has 3 aromatic rings. The Kier molecular flexibility index (Phi) is 3.65. The van der Waals surface area contributed by atoms with Gasteiger partial charge in [-0.3, -0.25) is 4.79 Å². The Balaban J connectivity index is 2.29. The van der Waals surface area contributed by atoms with Crippen LogP contribution in [0.15, 0.2) is 52.7 Å². The molecule has 0 fully saturated rings. The molecule has 0 atom stereocenters. The number of rotatable bonds is 5. The normalized spacial score (nSPS) is 10.7. The monoisotopic (exact) mass is 294 g/mol. The van der Waals surface area contributed by atoms with E-state index in [-0.39, 0.29) is 17.0 Å². The molecule has 1 aromatic carbocycles. The van der Waals surface area contributed by atoms with Crippen molar-refractivity contribution in [2.24, 2.45) is 0 Å². The van der Waals surface area contributed by atoms with Crippen molar-refractivity contribution in [3.63, 3.8) is 0 Å². The van der Waals surface area contributed by atoms with Gasteiger partial charge < -0.3 is 4.42 Å². The minimum atomic E-state index is -0.141. The lowest BCUT2D eigenvalue weighted by molar-refractivity contribution is 0.609. The molecule has 0 saturated carbocycles. The van der Waals surface area contributed by atoms with Crippen LogP contribution in [0.5, 0.6) is 0 Å². The van der Waals surface area contributed by atoms with Gasteiger partial charge in [0.15, 0.2) is 11.2 Å². The highest BCUT2D eigenvalue weighted by Gasteiger charge is 2.13. The molecular formula is C16H14N4O2. The zero-order valence-corrected chi connectivity index (χ0v) is 11.9. The van der Waals surface area contributed by atoms with Crippen LogP contribution in [0, 0.1) is 0 Å². The van der Waals surface area contributed by atoms with Crippen LogP contribution in [0.1, 0.15) is 11.1 Å². The van der Waals surface area contributed by atoms with Crippen LogP contribution in [0.2, 0.25) is 0 Å². The smallest absolute Gasteiger partial charge is 0.239 e. The maximum atomic E-state index is 12.4. The molecule has 2 aromatic heterocycles. The topological polar surface area (TPSA) is 84.7 Å². The van der Waals surface area contributed by atoms with Crippen molar-refractivity contribution < 1.29 is 4.42 Å². The van der Waals surface area contributed by atoms with Crippen molar-refractivity contribution in [3.05, 3.63) is 64.9 Å². The first kappa shape index (κ1) is 13.9. The summed E-state index contributed by atoms with van der Waals surface area (Å²) in [7, 11) is 0. The van der Waals surface area contributed by atoms with Gasteiger partial charge in [0.2, 0.25) is 5.82 Å². The molecule has 6 nitrogen and oxygen atoms in total. The summed E-state index contributed by atoms with van der Waals surface area (Å²) in [5, 5.41) is 14.0. The van der Waals surface area contributed by atoms with Gasteiger partial charge in [0.05, 0.1) is 5.39 Å². The quantitative estimate of drug-likeness (QED) is 0.730. The van der Waals surface area contributed by atoms with E-state index in [0.717, 1.165) is 11.1 Å². The second kappa shape index (κ2) is 5.77. The van der Waals surface area contributed by atoms with Crippen LogP contribution in [0.25, 0.3) is 22.6 Å². The molecule has 0 unspecified atom stereocenters. The molecule has 0 aliphatic heterocycles. The number of aromatic nitrogens is 4. The van der Waals surface area contributed by atoms with E-state index in [1.165, 1.54) is 6.07 Å². The van der Waals surface area contributed by atoms with Gasteiger partial charge >= 0.3 is 0 Å². The van der Waals surface area contributed by atoms with E-state index in [2.05, 4.69) is 33.8 Å². The van der Waals surface area contributed by atoms with Crippen LogP contribution in [-0.2, 0) is 12.8 Å². The van der Waals surface area contributed by atoms with Crippen LogP contribution in [0.3, 0.4) is 0 Å². The molecule has 0 aliphatic carbocycles. The van der Waals surface area contributed by atoms with Crippen molar-refractivity contribution in [3.8, 4) is 11.6 Å². The fraction of sp³-hybridized carbons (Fsp3) is 0.125. The summed E-state index contributed by atoms with van der Waals surface area (Å²) in [5.74, 6) is 0.534. The van der Waals surface area contributed by atoms with Gasteiger partial charge in [-0.1, -0.05) is 18.2 Å². The molecule has 22 heavy (non-hydrogen) atoms. The second-order valence-electron chi connectivity index (χ2n) is 4.83. The molecule has 1 N–H and O–H groups in total. The third kappa shape index (κ3) is 2.46. The van der Waals surface area contributed by atoms with Gasteiger partial charge in [0.25, 0.3) is 0 Å². The highest BCUT2D eigenvalue weighted by Crippen LogP contribution is 2.24. The molecule has 0 spiro atoms. The Morgan fingerprint density at radius 2 is 2.00 bits per heavy atom. The van der Waals surface area contributed by atoms with Gasteiger partial charge in [-0.05, 0) is 35.2 Å². The number of benzene rings is 1. The van der Waals surface area contributed by atoms with E-state index in [0.29, 0.717) is 23.8 Å². The standard InChI is InChI=1S/C16H14N4O2/c1-3-5-10-7-11(6-4-2)15-12(8-10)13(21)9-14(22-15)16-17-19-20-18-16/h3-4,7-9H,1-2,5-6H2,(H,17,18,19,20). The molecule has 3 rings (SSSR count). The number of hydrogen-bond donors (Lipinski definition) is 1. The summed E-state index contributed by atoms with van der Waals surface area (Å²) in [5.41, 5.74) is 2.29. The van der Waals surface area contributed by atoms with Crippen molar-refractivity contribution in [1.29, 1.82) is 0 Å². The average Bonchev–Trinajstić information content (AvgIpc) is 3.03. The zero-order chi connectivity index (χ0) is 15.5. The van der Waals surface area contributed by atoms with Crippen LogP contribution >= 0.6 is 0 Å². The third-order valence-electron chi connectivity index (χ3n) is 3.28. The summed E-state index contributed by atoms with van der Waals surface area (Å²) in [6, 6.07) is 5.20. The third-order valence-corrected chi connectivity index (χ3v) is 3.28. The van der Waals surface area contributed by atoms with E-state index in [4.69, 9.17) is 4.42 Å². The first-order chi connectivity index (χ1) is 10.7. The summed E-state index contributed by atoms with van der Waals surface area (Å²) in [6.07, 6.45) is 4.86. The number of tetrazole rings is 1. The molecule has 0 amide bonds. The molecule has 0 bridgehead atoms. The van der Waals surface area contributed by atoms with Gasteiger partial charge in [0, 0.05) is 6.07 Å². The number of H-pyrrole nitrogens is 1. The van der Waals surface area contributed by atoms with Crippen molar-refractivity contribution >= 4 is 11.0 Å². The van der Waals surface area contributed by atoms with Crippen LogP contribution in [-0.4, -0.2) is 20.6 Å². The second-order valence-corrected chi connectivity index (χ2v) is 4.83. The van der Waals surface area contributed by atoms with E-state index >= 15 is 0 Å². The lowest BCUT2D eigenvalue weighted by Crippen LogP contribution is -2.04. The Labute approximate surface area is 126 Å². The molecule has 0 saturated heterocycles. The lowest BCUT2D eigenvalue weighted by atomic mass is 10.0. The van der Waals surface area contributed by atoms with Gasteiger partial charge in [-0.15, -0.1) is 23.4 Å². The van der Waals surface area contributed by atoms with E-state index < -0.39 is 0 Å². The first-order valence-electron chi connectivity index (χ1n) is 6.78. The Hall–Kier alpha value is -3.02. The maximum absolute atomic E-state index is 12.4. The van der Waals surface area contributed by atoms with E-state index in [1.807, 2.05) is 12.1 Å². The summed E-state index contributed by atoms with van der Waals surface area (Å²) < 4.78 is 5.85. The van der Waals surface area contributed by atoms with Gasteiger partial charge in [-0.2, -0.15) is 5.21 Å². The van der Waals surface area contributed by atoms with Crippen molar-refractivity contribution in [2.45, 2.75) is 12.8 Å². The molecular weight excluding hydrogens is 280 g/mol.